The standard InChI is InChI=1S/C17H20N4O3/c22-15(20-9-7-17(11-20)5-2-1-3-6-17)13-4-8-18-14-12(16(23)24)10-19-21(13)14/h4,8,10H,1-3,5-7,9,11H2,(H,23,24). The predicted octanol–water partition coefficient (Wildman–Crippen LogP) is 2.22. The van der Waals surface area contributed by atoms with Crippen molar-refractivity contribution in [3.05, 3.63) is 29.7 Å². The van der Waals surface area contributed by atoms with Crippen molar-refractivity contribution in [2.75, 3.05) is 13.1 Å². The highest BCUT2D eigenvalue weighted by Gasteiger charge is 2.41. The highest BCUT2D eigenvalue weighted by Crippen LogP contribution is 2.43. The lowest BCUT2D eigenvalue weighted by atomic mass is 9.73. The third kappa shape index (κ3) is 2.35. The Morgan fingerprint density at radius 2 is 1.96 bits per heavy atom. The molecule has 1 spiro atoms. The van der Waals surface area contributed by atoms with Crippen LogP contribution in [0, 0.1) is 5.41 Å². The number of hydrogen-bond donors (Lipinski definition) is 1. The van der Waals surface area contributed by atoms with Gasteiger partial charge in [0.1, 0.15) is 11.3 Å². The summed E-state index contributed by atoms with van der Waals surface area (Å²) in [6, 6.07) is 1.61. The Morgan fingerprint density at radius 1 is 1.17 bits per heavy atom. The average molecular weight is 328 g/mol. The topological polar surface area (TPSA) is 87.8 Å². The Labute approximate surface area is 139 Å². The van der Waals surface area contributed by atoms with Crippen molar-refractivity contribution in [1.82, 2.24) is 19.5 Å². The van der Waals surface area contributed by atoms with E-state index in [1.54, 1.807) is 6.07 Å². The molecule has 0 bridgehead atoms. The summed E-state index contributed by atoms with van der Waals surface area (Å²) in [4.78, 5) is 30.1. The smallest absolute Gasteiger partial charge is 0.341 e. The van der Waals surface area contributed by atoms with E-state index in [-0.39, 0.29) is 22.5 Å². The number of nitrogens with zero attached hydrogens (tertiary/aromatic N) is 4. The van der Waals surface area contributed by atoms with Crippen molar-refractivity contribution in [3.63, 3.8) is 0 Å². The van der Waals surface area contributed by atoms with Gasteiger partial charge in [-0.15, -0.1) is 0 Å². The fourth-order valence-corrected chi connectivity index (χ4v) is 4.18. The molecule has 3 heterocycles. The van der Waals surface area contributed by atoms with Crippen LogP contribution >= 0.6 is 0 Å². The zero-order chi connectivity index (χ0) is 16.7. The number of carboxylic acids is 1. The number of aromatic carboxylic acids is 1. The summed E-state index contributed by atoms with van der Waals surface area (Å²) >= 11 is 0. The summed E-state index contributed by atoms with van der Waals surface area (Å²) in [5, 5.41) is 13.3. The van der Waals surface area contributed by atoms with Gasteiger partial charge in [0.2, 0.25) is 0 Å². The van der Waals surface area contributed by atoms with Gasteiger partial charge in [0.15, 0.2) is 5.65 Å². The predicted molar refractivity (Wildman–Crippen MR) is 86.0 cm³/mol. The first-order valence-corrected chi connectivity index (χ1v) is 8.45. The normalized spacial score (nSPS) is 19.9. The highest BCUT2D eigenvalue weighted by molar-refractivity contribution is 5.97. The molecule has 1 aliphatic carbocycles. The van der Waals surface area contributed by atoms with Gasteiger partial charge in [-0.2, -0.15) is 5.10 Å². The van der Waals surface area contributed by atoms with Crippen molar-refractivity contribution in [2.24, 2.45) is 5.41 Å². The van der Waals surface area contributed by atoms with Crippen LogP contribution in [-0.4, -0.2) is 49.6 Å². The van der Waals surface area contributed by atoms with Crippen molar-refractivity contribution in [1.29, 1.82) is 0 Å². The number of aromatic nitrogens is 3. The highest BCUT2D eigenvalue weighted by atomic mass is 16.4. The molecular formula is C17H20N4O3. The number of carboxylic acid groups (broad SMARTS) is 1. The Morgan fingerprint density at radius 3 is 2.71 bits per heavy atom. The Kier molecular flexibility index (Phi) is 3.51. The maximum atomic E-state index is 13.0. The minimum absolute atomic E-state index is 0.00910. The van der Waals surface area contributed by atoms with E-state index in [1.807, 2.05) is 4.90 Å². The molecule has 24 heavy (non-hydrogen) atoms. The van der Waals surface area contributed by atoms with Gasteiger partial charge < -0.3 is 10.0 Å². The van der Waals surface area contributed by atoms with Crippen LogP contribution < -0.4 is 0 Å². The van der Waals surface area contributed by atoms with Crippen LogP contribution in [-0.2, 0) is 0 Å². The Balaban J connectivity index is 1.63. The van der Waals surface area contributed by atoms with Gasteiger partial charge >= 0.3 is 5.97 Å². The molecule has 0 atom stereocenters. The average Bonchev–Trinajstić information content (AvgIpc) is 3.19. The van der Waals surface area contributed by atoms with Crippen LogP contribution in [0.3, 0.4) is 0 Å². The van der Waals surface area contributed by atoms with Gasteiger partial charge in [-0.1, -0.05) is 19.3 Å². The largest absolute Gasteiger partial charge is 0.477 e. The van der Waals surface area contributed by atoms with Crippen molar-refractivity contribution in [2.45, 2.75) is 38.5 Å². The van der Waals surface area contributed by atoms with Gasteiger partial charge in [-0.25, -0.2) is 14.3 Å². The molecular weight excluding hydrogens is 308 g/mol. The lowest BCUT2D eigenvalue weighted by Crippen LogP contribution is -2.34. The van der Waals surface area contributed by atoms with E-state index in [9.17, 15) is 14.7 Å². The molecule has 0 aromatic carbocycles. The minimum atomic E-state index is -1.09. The first-order valence-electron chi connectivity index (χ1n) is 8.45. The summed E-state index contributed by atoms with van der Waals surface area (Å²) in [5.74, 6) is -1.19. The molecule has 4 rings (SSSR count). The molecule has 126 valence electrons. The maximum Gasteiger partial charge on any atom is 0.341 e. The second kappa shape index (κ2) is 5.58. The number of hydrogen-bond acceptors (Lipinski definition) is 4. The second-order valence-electron chi connectivity index (χ2n) is 6.97. The number of likely N-dealkylation sites (tertiary alicyclic amines) is 1. The molecule has 2 aliphatic rings. The lowest BCUT2D eigenvalue weighted by Gasteiger charge is -2.33. The van der Waals surface area contributed by atoms with E-state index in [0.29, 0.717) is 5.69 Å². The molecule has 7 heteroatoms. The van der Waals surface area contributed by atoms with Crippen LogP contribution in [0.5, 0.6) is 0 Å². The monoisotopic (exact) mass is 328 g/mol. The SMILES string of the molecule is O=C(O)c1cnn2c(C(=O)N3CCC4(CCCCC4)C3)ccnc12. The van der Waals surface area contributed by atoms with E-state index in [4.69, 9.17) is 0 Å². The number of fused-ring (bicyclic) bond motifs is 1. The number of amides is 1. The fraction of sp³-hybridized carbons (Fsp3) is 0.529. The zero-order valence-corrected chi connectivity index (χ0v) is 13.4. The fourth-order valence-electron chi connectivity index (χ4n) is 4.18. The molecule has 0 unspecified atom stereocenters. The molecule has 1 aliphatic heterocycles. The molecule has 1 saturated heterocycles. The van der Waals surface area contributed by atoms with Crippen LogP contribution in [0.4, 0.5) is 0 Å². The second-order valence-corrected chi connectivity index (χ2v) is 6.97. The van der Waals surface area contributed by atoms with Gasteiger partial charge in [0, 0.05) is 19.3 Å². The van der Waals surface area contributed by atoms with Crippen LogP contribution in [0.25, 0.3) is 5.65 Å². The molecule has 1 amide bonds. The molecule has 1 saturated carbocycles. The quantitative estimate of drug-likeness (QED) is 0.913. The van der Waals surface area contributed by atoms with Crippen LogP contribution in [0.1, 0.15) is 59.4 Å². The van der Waals surface area contributed by atoms with E-state index in [2.05, 4.69) is 10.1 Å². The molecule has 1 N–H and O–H groups in total. The summed E-state index contributed by atoms with van der Waals surface area (Å²) in [7, 11) is 0. The summed E-state index contributed by atoms with van der Waals surface area (Å²) in [6.07, 6.45) is 9.99. The van der Waals surface area contributed by atoms with E-state index < -0.39 is 5.97 Å². The van der Waals surface area contributed by atoms with Crippen molar-refractivity contribution in [3.8, 4) is 0 Å². The van der Waals surface area contributed by atoms with Gasteiger partial charge in [-0.3, -0.25) is 4.79 Å². The lowest BCUT2D eigenvalue weighted by molar-refractivity contribution is 0.0696. The number of carbonyl (C=O) groups is 2. The van der Waals surface area contributed by atoms with Gasteiger partial charge in [0.25, 0.3) is 5.91 Å². The minimum Gasteiger partial charge on any atom is -0.477 e. The van der Waals surface area contributed by atoms with Crippen molar-refractivity contribution >= 4 is 17.5 Å². The Hall–Kier alpha value is -2.44. The summed E-state index contributed by atoms with van der Waals surface area (Å²) < 4.78 is 1.34. The van der Waals surface area contributed by atoms with Gasteiger partial charge in [0.05, 0.1) is 6.20 Å². The van der Waals surface area contributed by atoms with E-state index >= 15 is 0 Å². The van der Waals surface area contributed by atoms with Crippen molar-refractivity contribution < 1.29 is 14.7 Å². The first kappa shape index (κ1) is 15.1. The van der Waals surface area contributed by atoms with E-state index in [0.717, 1.165) is 19.5 Å². The molecule has 0 radical (unpaired) electrons. The van der Waals surface area contributed by atoms with E-state index in [1.165, 1.54) is 49.0 Å². The third-order valence-electron chi connectivity index (χ3n) is 5.49. The van der Waals surface area contributed by atoms with Crippen LogP contribution in [0.15, 0.2) is 18.5 Å². The third-order valence-corrected chi connectivity index (χ3v) is 5.49. The zero-order valence-electron chi connectivity index (χ0n) is 13.4. The Bertz CT molecular complexity index is 807. The van der Waals surface area contributed by atoms with Crippen LogP contribution in [0.2, 0.25) is 0 Å². The molecule has 7 nitrogen and oxygen atoms in total. The first-order chi connectivity index (χ1) is 11.6. The molecule has 2 aromatic heterocycles. The summed E-state index contributed by atoms with van der Waals surface area (Å²) in [5.41, 5.74) is 0.881. The molecule has 2 aromatic rings. The maximum absolute atomic E-state index is 13.0. The molecule has 2 fully saturated rings. The number of carbonyl (C=O) groups excluding carboxylic acids is 1. The number of rotatable bonds is 2. The van der Waals surface area contributed by atoms with Gasteiger partial charge in [-0.05, 0) is 30.7 Å². The summed E-state index contributed by atoms with van der Waals surface area (Å²) in [6.45, 7) is 1.55.